The summed E-state index contributed by atoms with van der Waals surface area (Å²) in [4.78, 5) is 14.6. The molecule has 0 N–H and O–H groups in total. The fourth-order valence-corrected chi connectivity index (χ4v) is 1.67. The van der Waals surface area contributed by atoms with Crippen molar-refractivity contribution >= 4 is 22.9 Å². The molecule has 1 heterocycles. The molecule has 0 atom stereocenters. The molecule has 0 amide bonds. The molecule has 2 rings (SSSR count). The molecule has 0 aliphatic heterocycles. The third kappa shape index (κ3) is 2.78. The standard InChI is InChI=1S/C10H6ClNO2S/c11-7-1-3-8(4-2-7)14-10-12-9(13)5-6-15-10/h1-6H. The van der Waals surface area contributed by atoms with E-state index in [1.807, 2.05) is 0 Å². The van der Waals surface area contributed by atoms with E-state index in [0.717, 1.165) is 0 Å². The van der Waals surface area contributed by atoms with E-state index in [1.54, 1.807) is 29.6 Å². The molecule has 1 aromatic heterocycles. The number of hydrogen-bond donors (Lipinski definition) is 0. The lowest BCUT2D eigenvalue weighted by molar-refractivity contribution is 0.476. The summed E-state index contributed by atoms with van der Waals surface area (Å²) in [6.45, 7) is 0. The van der Waals surface area contributed by atoms with Crippen LogP contribution < -0.4 is 10.3 Å². The minimum Gasteiger partial charge on any atom is -0.431 e. The Morgan fingerprint density at radius 3 is 2.60 bits per heavy atom. The Morgan fingerprint density at radius 1 is 1.20 bits per heavy atom. The summed E-state index contributed by atoms with van der Waals surface area (Å²) in [5, 5.41) is 2.60. The van der Waals surface area contributed by atoms with Gasteiger partial charge in [0.05, 0.1) is 0 Å². The Kier molecular flexibility index (Phi) is 2.99. The molecular weight excluding hydrogens is 234 g/mol. The van der Waals surface area contributed by atoms with E-state index in [9.17, 15) is 4.79 Å². The molecule has 1 aromatic carbocycles. The Hall–Kier alpha value is -1.39. The van der Waals surface area contributed by atoms with Crippen LogP contribution in [0.2, 0.25) is 5.02 Å². The molecule has 0 radical (unpaired) electrons. The van der Waals surface area contributed by atoms with Crippen molar-refractivity contribution in [3.63, 3.8) is 0 Å². The Labute approximate surface area is 94.9 Å². The van der Waals surface area contributed by atoms with E-state index < -0.39 is 0 Å². The van der Waals surface area contributed by atoms with Crippen molar-refractivity contribution in [2.75, 3.05) is 0 Å². The van der Waals surface area contributed by atoms with Gasteiger partial charge >= 0.3 is 0 Å². The number of hydrogen-bond acceptors (Lipinski definition) is 4. The minimum atomic E-state index is -0.308. The van der Waals surface area contributed by atoms with E-state index in [-0.39, 0.29) is 5.56 Å². The van der Waals surface area contributed by atoms with Crippen LogP contribution in [0.3, 0.4) is 0 Å². The predicted octanol–water partition coefficient (Wildman–Crippen LogP) is 2.95. The summed E-state index contributed by atoms with van der Waals surface area (Å²) in [6.07, 6.45) is 0. The molecule has 15 heavy (non-hydrogen) atoms. The van der Waals surface area contributed by atoms with E-state index >= 15 is 0 Å². The Balaban J connectivity index is 2.22. The fraction of sp³-hybridized carbons (Fsp3) is 0. The van der Waals surface area contributed by atoms with Gasteiger partial charge in [-0.3, -0.25) is 4.79 Å². The first-order valence-corrected chi connectivity index (χ1v) is 5.39. The Bertz CT molecular complexity index is 509. The number of rotatable bonds is 2. The van der Waals surface area contributed by atoms with Gasteiger partial charge in [-0.05, 0) is 24.3 Å². The van der Waals surface area contributed by atoms with Gasteiger partial charge in [0.1, 0.15) is 5.75 Å². The Morgan fingerprint density at radius 2 is 1.93 bits per heavy atom. The van der Waals surface area contributed by atoms with E-state index in [4.69, 9.17) is 16.3 Å². The summed E-state index contributed by atoms with van der Waals surface area (Å²) in [7, 11) is 0. The van der Waals surface area contributed by atoms with Crippen LogP contribution in [-0.2, 0) is 0 Å². The third-order valence-corrected chi connectivity index (χ3v) is 2.50. The van der Waals surface area contributed by atoms with Gasteiger partial charge in [-0.1, -0.05) is 22.9 Å². The van der Waals surface area contributed by atoms with Gasteiger partial charge in [-0.2, -0.15) is 4.98 Å². The summed E-state index contributed by atoms with van der Waals surface area (Å²) in [5.41, 5.74) is -0.308. The zero-order valence-corrected chi connectivity index (χ0v) is 9.09. The maximum absolute atomic E-state index is 10.9. The number of halogens is 1. The molecule has 2 aromatic rings. The highest BCUT2D eigenvalue weighted by Gasteiger charge is 1.99. The molecule has 0 aliphatic rings. The lowest BCUT2D eigenvalue weighted by atomic mass is 10.3. The topological polar surface area (TPSA) is 39.2 Å². The van der Waals surface area contributed by atoms with Crippen molar-refractivity contribution in [3.8, 4) is 10.9 Å². The van der Waals surface area contributed by atoms with Crippen molar-refractivity contribution in [2.24, 2.45) is 0 Å². The van der Waals surface area contributed by atoms with Crippen molar-refractivity contribution in [1.82, 2.24) is 4.98 Å². The SMILES string of the molecule is O=c1ccsc(Oc2ccc(Cl)cc2)n1. The average molecular weight is 240 g/mol. The van der Waals surface area contributed by atoms with Crippen LogP contribution in [0.25, 0.3) is 0 Å². The molecular formula is C10H6ClNO2S. The highest BCUT2D eigenvalue weighted by molar-refractivity contribution is 7.11. The second-order valence-electron chi connectivity index (χ2n) is 2.69. The second-order valence-corrected chi connectivity index (χ2v) is 3.99. The molecule has 0 spiro atoms. The van der Waals surface area contributed by atoms with Crippen LogP contribution in [0.4, 0.5) is 0 Å². The number of benzene rings is 1. The molecule has 5 heteroatoms. The zero-order chi connectivity index (χ0) is 10.7. The largest absolute Gasteiger partial charge is 0.431 e. The van der Waals surface area contributed by atoms with Gasteiger partial charge in [-0.15, -0.1) is 0 Å². The van der Waals surface area contributed by atoms with Crippen LogP contribution >= 0.6 is 22.9 Å². The van der Waals surface area contributed by atoms with E-state index in [2.05, 4.69) is 4.98 Å². The highest BCUT2D eigenvalue weighted by Crippen LogP contribution is 2.22. The summed E-state index contributed by atoms with van der Waals surface area (Å²) in [6, 6.07) is 8.24. The van der Waals surface area contributed by atoms with Gasteiger partial charge < -0.3 is 4.74 Å². The maximum atomic E-state index is 10.9. The molecule has 3 nitrogen and oxygen atoms in total. The molecule has 0 fully saturated rings. The lowest BCUT2D eigenvalue weighted by Gasteiger charge is -2.01. The second kappa shape index (κ2) is 4.42. The quantitative estimate of drug-likeness (QED) is 0.809. The van der Waals surface area contributed by atoms with Crippen molar-refractivity contribution in [1.29, 1.82) is 0 Å². The van der Waals surface area contributed by atoms with Gasteiger partial charge in [0, 0.05) is 16.5 Å². The monoisotopic (exact) mass is 239 g/mol. The number of ether oxygens (including phenoxy) is 1. The van der Waals surface area contributed by atoms with Crippen LogP contribution in [0.5, 0.6) is 10.9 Å². The van der Waals surface area contributed by atoms with Gasteiger partial charge in [0.15, 0.2) is 0 Å². The van der Waals surface area contributed by atoms with E-state index in [1.165, 1.54) is 17.4 Å². The van der Waals surface area contributed by atoms with Crippen LogP contribution in [0.1, 0.15) is 0 Å². The smallest absolute Gasteiger partial charge is 0.282 e. The summed E-state index contributed by atoms with van der Waals surface area (Å²) in [5.74, 6) is 0.605. The van der Waals surface area contributed by atoms with Gasteiger partial charge in [0.2, 0.25) is 0 Å². The van der Waals surface area contributed by atoms with Crippen molar-refractivity contribution < 1.29 is 4.74 Å². The first-order valence-electron chi connectivity index (χ1n) is 4.13. The maximum Gasteiger partial charge on any atom is 0.282 e. The molecule has 0 bridgehead atoms. The summed E-state index contributed by atoms with van der Waals surface area (Å²) >= 11 is 6.98. The fourth-order valence-electron chi connectivity index (χ4n) is 0.954. The minimum absolute atomic E-state index is 0.308. The van der Waals surface area contributed by atoms with Crippen molar-refractivity contribution in [3.05, 3.63) is 51.1 Å². The molecule has 0 unspecified atom stereocenters. The summed E-state index contributed by atoms with van der Waals surface area (Å²) < 4.78 is 5.36. The number of aromatic nitrogens is 1. The molecule has 76 valence electrons. The van der Waals surface area contributed by atoms with Gasteiger partial charge in [0.25, 0.3) is 10.8 Å². The molecule has 0 aliphatic carbocycles. The van der Waals surface area contributed by atoms with Crippen LogP contribution in [0.15, 0.2) is 40.5 Å². The molecule has 0 saturated heterocycles. The zero-order valence-electron chi connectivity index (χ0n) is 7.51. The number of nitrogens with zero attached hydrogens (tertiary/aromatic N) is 1. The predicted molar refractivity (Wildman–Crippen MR) is 59.9 cm³/mol. The molecule has 0 saturated carbocycles. The normalized spacial score (nSPS) is 9.93. The third-order valence-electron chi connectivity index (χ3n) is 1.60. The highest BCUT2D eigenvalue weighted by atomic mass is 35.5. The van der Waals surface area contributed by atoms with Crippen LogP contribution in [-0.4, -0.2) is 4.98 Å². The van der Waals surface area contributed by atoms with Gasteiger partial charge in [-0.25, -0.2) is 0 Å². The first-order chi connectivity index (χ1) is 7.24. The first kappa shape index (κ1) is 10.1. The lowest BCUT2D eigenvalue weighted by Crippen LogP contribution is -2.02. The van der Waals surface area contributed by atoms with Crippen LogP contribution in [0, 0.1) is 0 Å². The average Bonchev–Trinajstić information content (AvgIpc) is 2.22. The van der Waals surface area contributed by atoms with Crippen molar-refractivity contribution in [2.45, 2.75) is 0 Å². The van der Waals surface area contributed by atoms with E-state index in [0.29, 0.717) is 16.0 Å².